The number of carbonyl (C=O) groups is 2. The smallest absolute Gasteiger partial charge is 0.282 e. The fourth-order valence-corrected chi connectivity index (χ4v) is 4.71. The van der Waals surface area contributed by atoms with Crippen molar-refractivity contribution in [3.05, 3.63) is 53.5 Å². The Hall–Kier alpha value is -2.77. The molecule has 1 aliphatic rings. The van der Waals surface area contributed by atoms with Crippen LogP contribution in [-0.2, 0) is 16.1 Å². The molecule has 1 unspecified atom stereocenters. The number of nitrogens with one attached hydrogen (secondary N) is 2. The molecule has 2 aromatic carbocycles. The molecule has 2 atom stereocenters. The molecule has 0 spiro atoms. The average molecular weight is 396 g/mol. The molecule has 2 heterocycles. The summed E-state index contributed by atoms with van der Waals surface area (Å²) < 4.78 is 1.16. The maximum atomic E-state index is 13.2. The summed E-state index contributed by atoms with van der Waals surface area (Å²) in [6.07, 6.45) is 0.289. The van der Waals surface area contributed by atoms with Crippen LogP contribution in [0, 0.1) is 0 Å². The SMILES string of the molecule is C[C@H]1CC(=O)Nc2ccccc2N1C(=O)C[NH+](C)Cc1nc2ccccc2s1. The second-order valence-electron chi connectivity index (χ2n) is 7.27. The lowest BCUT2D eigenvalue weighted by molar-refractivity contribution is -0.885. The van der Waals surface area contributed by atoms with E-state index in [9.17, 15) is 9.59 Å². The van der Waals surface area contributed by atoms with Crippen molar-refractivity contribution < 1.29 is 14.5 Å². The maximum absolute atomic E-state index is 13.2. The quantitative estimate of drug-likeness (QED) is 0.711. The number of nitrogens with zero attached hydrogens (tertiary/aromatic N) is 2. The number of amides is 2. The summed E-state index contributed by atoms with van der Waals surface area (Å²) in [6.45, 7) is 2.94. The predicted octanol–water partition coefficient (Wildman–Crippen LogP) is 2.07. The van der Waals surface area contributed by atoms with Gasteiger partial charge >= 0.3 is 0 Å². The van der Waals surface area contributed by atoms with Gasteiger partial charge in [-0.1, -0.05) is 24.3 Å². The molecule has 1 aliphatic heterocycles. The van der Waals surface area contributed by atoms with Gasteiger partial charge in [0.2, 0.25) is 5.91 Å². The van der Waals surface area contributed by atoms with E-state index >= 15 is 0 Å². The fraction of sp³-hybridized carbons (Fsp3) is 0.286. The standard InChI is InChI=1S/C21H22N4O2S/c1-14-11-19(26)22-15-7-3-5-9-17(15)25(14)21(27)13-24(2)12-20-23-16-8-4-6-10-18(16)28-20/h3-10,14H,11-13H2,1-2H3,(H,22,26)/p+1/t14-/m0/s1. The predicted molar refractivity (Wildman–Crippen MR) is 112 cm³/mol. The number of hydrogen-bond acceptors (Lipinski definition) is 4. The van der Waals surface area contributed by atoms with Crippen LogP contribution in [0.3, 0.4) is 0 Å². The molecule has 6 nitrogen and oxygen atoms in total. The van der Waals surface area contributed by atoms with Crippen LogP contribution >= 0.6 is 11.3 Å². The Morgan fingerprint density at radius 3 is 2.82 bits per heavy atom. The molecule has 144 valence electrons. The number of anilines is 2. The third-order valence-corrected chi connectivity index (χ3v) is 5.91. The number of quaternary nitrogens is 1. The van der Waals surface area contributed by atoms with Gasteiger partial charge < -0.3 is 15.1 Å². The van der Waals surface area contributed by atoms with E-state index in [1.165, 1.54) is 0 Å². The lowest BCUT2D eigenvalue weighted by atomic mass is 10.1. The van der Waals surface area contributed by atoms with Crippen LogP contribution in [0.4, 0.5) is 11.4 Å². The number of hydrogen-bond donors (Lipinski definition) is 2. The molecular formula is C21H23N4O2S+. The van der Waals surface area contributed by atoms with E-state index in [2.05, 4.69) is 16.4 Å². The molecule has 28 heavy (non-hydrogen) atoms. The summed E-state index contributed by atoms with van der Waals surface area (Å²) in [5.74, 6) is -0.0551. The van der Waals surface area contributed by atoms with Gasteiger partial charge in [-0.25, -0.2) is 4.98 Å². The number of rotatable bonds is 4. The van der Waals surface area contributed by atoms with Crippen molar-refractivity contribution >= 4 is 44.7 Å². The van der Waals surface area contributed by atoms with E-state index in [-0.39, 0.29) is 24.3 Å². The Labute approximate surface area is 167 Å². The van der Waals surface area contributed by atoms with Gasteiger partial charge in [0.15, 0.2) is 6.54 Å². The van der Waals surface area contributed by atoms with Crippen molar-refractivity contribution in [2.45, 2.75) is 25.9 Å². The summed E-state index contributed by atoms with van der Waals surface area (Å²) in [5.41, 5.74) is 2.45. The third-order valence-electron chi connectivity index (χ3n) is 4.87. The van der Waals surface area contributed by atoms with Gasteiger partial charge in [-0.15, -0.1) is 11.3 Å². The highest BCUT2D eigenvalue weighted by molar-refractivity contribution is 7.18. The molecule has 0 saturated carbocycles. The second-order valence-corrected chi connectivity index (χ2v) is 8.38. The zero-order chi connectivity index (χ0) is 19.7. The summed E-state index contributed by atoms with van der Waals surface area (Å²) in [4.78, 5) is 32.8. The fourth-order valence-electron chi connectivity index (χ4n) is 3.63. The minimum atomic E-state index is -0.189. The average Bonchev–Trinajstić information content (AvgIpc) is 2.99. The molecule has 2 amide bonds. The summed E-state index contributed by atoms with van der Waals surface area (Å²) >= 11 is 1.67. The highest BCUT2D eigenvalue weighted by Crippen LogP contribution is 2.31. The highest BCUT2D eigenvalue weighted by Gasteiger charge is 2.31. The van der Waals surface area contributed by atoms with Crippen molar-refractivity contribution in [2.75, 3.05) is 23.8 Å². The minimum absolute atomic E-state index is 0.00932. The number of likely N-dealkylation sites (N-methyl/N-ethyl adjacent to an activating group) is 1. The first kappa shape index (κ1) is 18.6. The zero-order valence-electron chi connectivity index (χ0n) is 15.9. The van der Waals surface area contributed by atoms with Gasteiger partial charge in [0.05, 0.1) is 28.6 Å². The Kier molecular flexibility index (Phi) is 5.11. The molecule has 0 fully saturated rings. The van der Waals surface area contributed by atoms with Crippen LogP contribution < -0.4 is 15.1 Å². The Morgan fingerprint density at radius 1 is 1.25 bits per heavy atom. The first-order valence-electron chi connectivity index (χ1n) is 9.38. The molecule has 4 rings (SSSR count). The van der Waals surface area contributed by atoms with E-state index in [0.29, 0.717) is 18.8 Å². The Morgan fingerprint density at radius 2 is 2.00 bits per heavy atom. The topological polar surface area (TPSA) is 66.7 Å². The van der Waals surface area contributed by atoms with Crippen molar-refractivity contribution in [3.8, 4) is 0 Å². The molecule has 7 heteroatoms. The van der Waals surface area contributed by atoms with E-state index in [4.69, 9.17) is 0 Å². The number of benzene rings is 2. The molecule has 1 aromatic heterocycles. The third kappa shape index (κ3) is 3.76. The zero-order valence-corrected chi connectivity index (χ0v) is 16.8. The first-order valence-corrected chi connectivity index (χ1v) is 10.2. The van der Waals surface area contributed by atoms with Crippen molar-refractivity contribution in [3.63, 3.8) is 0 Å². The Bertz CT molecular complexity index is 999. The first-order chi connectivity index (χ1) is 13.5. The maximum Gasteiger partial charge on any atom is 0.282 e. The number of thiazole rings is 1. The number of aromatic nitrogens is 1. The monoisotopic (exact) mass is 395 g/mol. The van der Waals surface area contributed by atoms with Crippen LogP contribution in [0.25, 0.3) is 10.2 Å². The van der Waals surface area contributed by atoms with Gasteiger partial charge in [0, 0.05) is 12.5 Å². The van der Waals surface area contributed by atoms with Crippen molar-refractivity contribution in [2.24, 2.45) is 0 Å². The lowest BCUT2D eigenvalue weighted by Crippen LogP contribution is -3.09. The van der Waals surface area contributed by atoms with Gasteiger partial charge in [0.25, 0.3) is 5.91 Å². The molecule has 0 radical (unpaired) electrons. The van der Waals surface area contributed by atoms with E-state index in [0.717, 1.165) is 25.8 Å². The van der Waals surface area contributed by atoms with Gasteiger partial charge in [-0.2, -0.15) is 0 Å². The molecule has 0 bridgehead atoms. The number of para-hydroxylation sites is 3. The summed E-state index contributed by atoms with van der Waals surface area (Å²) in [5, 5.41) is 3.92. The van der Waals surface area contributed by atoms with Crippen LogP contribution in [-0.4, -0.2) is 36.4 Å². The normalized spacial score (nSPS) is 17.7. The summed E-state index contributed by atoms with van der Waals surface area (Å²) in [7, 11) is 2.00. The Balaban J connectivity index is 1.51. The van der Waals surface area contributed by atoms with E-state index in [1.807, 2.05) is 56.4 Å². The van der Waals surface area contributed by atoms with Crippen molar-refractivity contribution in [1.29, 1.82) is 0 Å². The van der Waals surface area contributed by atoms with Gasteiger partial charge in [-0.3, -0.25) is 9.59 Å². The largest absolute Gasteiger partial charge is 0.324 e. The molecule has 0 saturated heterocycles. The van der Waals surface area contributed by atoms with Gasteiger partial charge in [0.1, 0.15) is 11.6 Å². The molecular weight excluding hydrogens is 372 g/mol. The van der Waals surface area contributed by atoms with Crippen molar-refractivity contribution in [1.82, 2.24) is 4.98 Å². The number of carbonyl (C=O) groups excluding carboxylic acids is 2. The van der Waals surface area contributed by atoms with E-state index < -0.39 is 0 Å². The minimum Gasteiger partial charge on any atom is -0.324 e. The van der Waals surface area contributed by atoms with Crippen LogP contribution in [0.15, 0.2) is 48.5 Å². The van der Waals surface area contributed by atoms with Gasteiger partial charge in [-0.05, 0) is 31.2 Å². The summed E-state index contributed by atoms with van der Waals surface area (Å²) in [6, 6.07) is 15.4. The van der Waals surface area contributed by atoms with E-state index in [1.54, 1.807) is 16.2 Å². The molecule has 0 aliphatic carbocycles. The highest BCUT2D eigenvalue weighted by atomic mass is 32.1. The molecule has 3 aromatic rings. The number of fused-ring (bicyclic) bond motifs is 2. The van der Waals surface area contributed by atoms with Crippen LogP contribution in [0.2, 0.25) is 0 Å². The van der Waals surface area contributed by atoms with Crippen LogP contribution in [0.1, 0.15) is 18.4 Å². The second kappa shape index (κ2) is 7.69. The van der Waals surface area contributed by atoms with Crippen LogP contribution in [0.5, 0.6) is 0 Å². The lowest BCUT2D eigenvalue weighted by Gasteiger charge is -2.28. The molecule has 2 N–H and O–H groups in total.